The summed E-state index contributed by atoms with van der Waals surface area (Å²) in [5, 5.41) is 10.0. The molecule has 17 heavy (non-hydrogen) atoms. The lowest BCUT2D eigenvalue weighted by Crippen LogP contribution is -2.19. The Morgan fingerprint density at radius 1 is 1.24 bits per heavy atom. The minimum absolute atomic E-state index is 0.140. The van der Waals surface area contributed by atoms with Crippen LogP contribution in [0.3, 0.4) is 0 Å². The summed E-state index contributed by atoms with van der Waals surface area (Å²) in [7, 11) is 0. The highest BCUT2D eigenvalue weighted by Gasteiger charge is 2.20. The lowest BCUT2D eigenvalue weighted by Gasteiger charge is -2.21. The van der Waals surface area contributed by atoms with E-state index in [0.29, 0.717) is 15.6 Å². The van der Waals surface area contributed by atoms with E-state index >= 15 is 0 Å². The first-order valence-corrected chi connectivity index (χ1v) is 6.50. The van der Waals surface area contributed by atoms with Gasteiger partial charge >= 0.3 is 0 Å². The van der Waals surface area contributed by atoms with Crippen molar-refractivity contribution in [2.45, 2.75) is 18.9 Å². The molecule has 0 aromatic heterocycles. The van der Waals surface area contributed by atoms with Crippen molar-refractivity contribution in [2.24, 2.45) is 5.73 Å². The molecule has 1 saturated heterocycles. The summed E-state index contributed by atoms with van der Waals surface area (Å²) in [6, 6.07) is 3.31. The quantitative estimate of drug-likeness (QED) is 0.891. The van der Waals surface area contributed by atoms with E-state index < -0.39 is 6.04 Å². The van der Waals surface area contributed by atoms with Gasteiger partial charge in [-0.1, -0.05) is 29.3 Å². The van der Waals surface area contributed by atoms with Crippen molar-refractivity contribution >= 4 is 28.9 Å². The molecule has 0 bridgehead atoms. The highest BCUT2D eigenvalue weighted by Crippen LogP contribution is 2.38. The van der Waals surface area contributed by atoms with Crippen LogP contribution in [0, 0.1) is 0 Å². The molecule has 5 heteroatoms. The van der Waals surface area contributed by atoms with Crippen molar-refractivity contribution in [3.8, 4) is 0 Å². The van der Waals surface area contributed by atoms with Gasteiger partial charge in [-0.05, 0) is 24.5 Å². The fourth-order valence-electron chi connectivity index (χ4n) is 2.14. The van der Waals surface area contributed by atoms with Gasteiger partial charge in [-0.3, -0.25) is 0 Å². The first kappa shape index (κ1) is 13.0. The standard InChI is InChI=1S/C12H16Cl2N2O/c13-11-8(9(15)7-17)3-4-10(12(11)14)16-5-1-2-6-16/h3-4,9,17H,1-2,5-7,15H2/t9-/m1/s1. The Morgan fingerprint density at radius 3 is 2.47 bits per heavy atom. The van der Waals surface area contributed by atoms with Crippen molar-refractivity contribution in [3.05, 3.63) is 27.7 Å². The molecule has 0 unspecified atom stereocenters. The number of hydrogen-bond acceptors (Lipinski definition) is 3. The second-order valence-electron chi connectivity index (χ2n) is 4.29. The Morgan fingerprint density at radius 2 is 1.88 bits per heavy atom. The molecule has 1 fully saturated rings. The number of benzene rings is 1. The molecule has 3 nitrogen and oxygen atoms in total. The van der Waals surface area contributed by atoms with Crippen molar-refractivity contribution < 1.29 is 5.11 Å². The van der Waals surface area contributed by atoms with Crippen LogP contribution in [0.5, 0.6) is 0 Å². The average molecular weight is 275 g/mol. The molecule has 1 heterocycles. The van der Waals surface area contributed by atoms with Gasteiger partial charge in [-0.15, -0.1) is 0 Å². The van der Waals surface area contributed by atoms with Gasteiger partial charge in [0.15, 0.2) is 0 Å². The SMILES string of the molecule is N[C@H](CO)c1ccc(N2CCCC2)c(Cl)c1Cl. The molecule has 1 aromatic carbocycles. The van der Waals surface area contributed by atoms with Gasteiger partial charge in [0, 0.05) is 13.1 Å². The van der Waals surface area contributed by atoms with E-state index in [0.717, 1.165) is 18.8 Å². The summed E-state index contributed by atoms with van der Waals surface area (Å²) in [5.41, 5.74) is 7.42. The van der Waals surface area contributed by atoms with Crippen LogP contribution in [0.15, 0.2) is 12.1 Å². The van der Waals surface area contributed by atoms with E-state index in [2.05, 4.69) is 4.90 Å². The fourth-order valence-corrected chi connectivity index (χ4v) is 2.73. The van der Waals surface area contributed by atoms with Crippen LogP contribution in [0.2, 0.25) is 10.0 Å². The first-order chi connectivity index (χ1) is 8.15. The minimum Gasteiger partial charge on any atom is -0.394 e. The Kier molecular flexibility index (Phi) is 4.15. The molecular weight excluding hydrogens is 259 g/mol. The number of nitrogens with two attached hydrogens (primary N) is 1. The van der Waals surface area contributed by atoms with E-state index in [4.69, 9.17) is 34.0 Å². The van der Waals surface area contributed by atoms with Gasteiger partial charge in [0.05, 0.1) is 28.4 Å². The van der Waals surface area contributed by atoms with Crippen molar-refractivity contribution in [2.75, 3.05) is 24.6 Å². The second kappa shape index (κ2) is 5.44. The molecule has 0 saturated carbocycles. The topological polar surface area (TPSA) is 49.5 Å². The van der Waals surface area contributed by atoms with Gasteiger partial charge in [0.2, 0.25) is 0 Å². The summed E-state index contributed by atoms with van der Waals surface area (Å²) in [4.78, 5) is 2.22. The number of aliphatic hydroxyl groups is 1. The highest BCUT2D eigenvalue weighted by atomic mass is 35.5. The Hall–Kier alpha value is -0.480. The van der Waals surface area contributed by atoms with Gasteiger partial charge in [-0.25, -0.2) is 0 Å². The maximum Gasteiger partial charge on any atom is 0.0829 e. The number of nitrogens with zero attached hydrogens (tertiary/aromatic N) is 1. The molecule has 3 N–H and O–H groups in total. The molecule has 1 aromatic rings. The largest absolute Gasteiger partial charge is 0.394 e. The van der Waals surface area contributed by atoms with Crippen LogP contribution in [0.25, 0.3) is 0 Å². The maximum atomic E-state index is 9.05. The molecule has 94 valence electrons. The predicted octanol–water partition coefficient (Wildman–Crippen LogP) is 2.59. The lowest BCUT2D eigenvalue weighted by atomic mass is 10.1. The van der Waals surface area contributed by atoms with Gasteiger partial charge in [0.1, 0.15) is 0 Å². The smallest absolute Gasteiger partial charge is 0.0829 e. The van der Waals surface area contributed by atoms with Gasteiger partial charge < -0.3 is 15.7 Å². The second-order valence-corrected chi connectivity index (χ2v) is 5.04. The number of anilines is 1. The first-order valence-electron chi connectivity index (χ1n) is 5.74. The lowest BCUT2D eigenvalue weighted by molar-refractivity contribution is 0.268. The molecule has 2 rings (SSSR count). The summed E-state index contributed by atoms with van der Waals surface area (Å²) in [6.45, 7) is 1.89. The third kappa shape index (κ3) is 2.52. The van der Waals surface area contributed by atoms with Gasteiger partial charge in [0.25, 0.3) is 0 Å². The Bertz CT molecular complexity index is 406. The predicted molar refractivity (Wildman–Crippen MR) is 71.9 cm³/mol. The summed E-state index contributed by atoms with van der Waals surface area (Å²) >= 11 is 12.5. The number of rotatable bonds is 3. The number of aliphatic hydroxyl groups excluding tert-OH is 1. The third-order valence-electron chi connectivity index (χ3n) is 3.13. The van der Waals surface area contributed by atoms with Crippen molar-refractivity contribution in [3.63, 3.8) is 0 Å². The maximum absolute atomic E-state index is 9.05. The van der Waals surface area contributed by atoms with Crippen LogP contribution in [-0.4, -0.2) is 24.8 Å². The molecule has 0 spiro atoms. The zero-order valence-electron chi connectivity index (χ0n) is 9.50. The van der Waals surface area contributed by atoms with E-state index in [1.807, 2.05) is 12.1 Å². The van der Waals surface area contributed by atoms with E-state index in [-0.39, 0.29) is 6.61 Å². The molecule has 1 aliphatic rings. The third-order valence-corrected chi connectivity index (χ3v) is 4.02. The van der Waals surface area contributed by atoms with Crippen LogP contribution in [-0.2, 0) is 0 Å². The fraction of sp³-hybridized carbons (Fsp3) is 0.500. The van der Waals surface area contributed by atoms with Crippen LogP contribution in [0.1, 0.15) is 24.4 Å². The zero-order valence-corrected chi connectivity index (χ0v) is 11.0. The van der Waals surface area contributed by atoms with Crippen LogP contribution in [0.4, 0.5) is 5.69 Å². The minimum atomic E-state index is -0.479. The monoisotopic (exact) mass is 274 g/mol. The van der Waals surface area contributed by atoms with Crippen LogP contribution >= 0.6 is 23.2 Å². The highest BCUT2D eigenvalue weighted by molar-refractivity contribution is 6.44. The van der Waals surface area contributed by atoms with E-state index in [9.17, 15) is 0 Å². The molecule has 0 amide bonds. The molecular formula is C12H16Cl2N2O. The normalized spacial score (nSPS) is 17.5. The van der Waals surface area contributed by atoms with Gasteiger partial charge in [-0.2, -0.15) is 0 Å². The average Bonchev–Trinajstić information content (AvgIpc) is 2.85. The van der Waals surface area contributed by atoms with E-state index in [1.54, 1.807) is 0 Å². The molecule has 1 atom stereocenters. The summed E-state index contributed by atoms with van der Waals surface area (Å²) < 4.78 is 0. The zero-order chi connectivity index (χ0) is 12.4. The Balaban J connectivity index is 2.34. The van der Waals surface area contributed by atoms with Crippen molar-refractivity contribution in [1.29, 1.82) is 0 Å². The summed E-state index contributed by atoms with van der Waals surface area (Å²) in [5.74, 6) is 0. The summed E-state index contributed by atoms with van der Waals surface area (Å²) in [6.07, 6.45) is 2.37. The molecule has 0 aliphatic carbocycles. The Labute approximate surface area is 111 Å². The molecule has 1 aliphatic heterocycles. The molecule has 0 radical (unpaired) electrons. The number of hydrogen-bond donors (Lipinski definition) is 2. The van der Waals surface area contributed by atoms with E-state index in [1.165, 1.54) is 12.8 Å². The number of halogens is 2. The van der Waals surface area contributed by atoms with Crippen LogP contribution < -0.4 is 10.6 Å². The van der Waals surface area contributed by atoms with Crippen molar-refractivity contribution in [1.82, 2.24) is 0 Å².